The Labute approximate surface area is 169 Å². The number of rotatable bonds is 4. The number of nitrogens with one attached hydrogen (secondary N) is 3. The van der Waals surface area contributed by atoms with Crippen LogP contribution < -0.4 is 21.1 Å². The summed E-state index contributed by atoms with van der Waals surface area (Å²) in [7, 11) is -3.89. The number of benzene rings is 2. The van der Waals surface area contributed by atoms with Crippen LogP contribution in [0.1, 0.15) is 0 Å². The minimum atomic E-state index is -3.89. The standard InChI is InChI=1S/C17H16BrN7O2S/c18-12-2-1-3-13-14(12)23-16(15(22-13)24-17-20-8-9-21-17)25-28(26,27)11-6-4-10(19)5-7-11/h1-7H,8-9,19H2,(H,23,25)(H2,20,21,22,24). The zero-order valence-corrected chi connectivity index (χ0v) is 16.9. The summed E-state index contributed by atoms with van der Waals surface area (Å²) in [6.07, 6.45) is 0. The molecule has 0 atom stereocenters. The van der Waals surface area contributed by atoms with E-state index in [-0.39, 0.29) is 16.5 Å². The molecule has 0 aliphatic carbocycles. The van der Waals surface area contributed by atoms with Gasteiger partial charge in [-0.1, -0.05) is 6.07 Å². The van der Waals surface area contributed by atoms with Gasteiger partial charge in [-0.05, 0) is 52.3 Å². The largest absolute Gasteiger partial charge is 0.399 e. The van der Waals surface area contributed by atoms with Crippen molar-refractivity contribution >= 4 is 60.3 Å². The van der Waals surface area contributed by atoms with Gasteiger partial charge in [-0.2, -0.15) is 0 Å². The summed E-state index contributed by atoms with van der Waals surface area (Å²) in [5.74, 6) is 0.821. The van der Waals surface area contributed by atoms with Crippen molar-refractivity contribution in [2.24, 2.45) is 4.99 Å². The highest BCUT2D eigenvalue weighted by Gasteiger charge is 2.20. The number of aromatic nitrogens is 2. The molecule has 2 aromatic carbocycles. The van der Waals surface area contributed by atoms with Crippen LogP contribution in [0.25, 0.3) is 11.0 Å². The number of hydrogen-bond acceptors (Lipinski definition) is 8. The third kappa shape index (κ3) is 3.71. The van der Waals surface area contributed by atoms with Gasteiger partial charge in [0.2, 0.25) is 0 Å². The smallest absolute Gasteiger partial charge is 0.263 e. The van der Waals surface area contributed by atoms with Crippen LogP contribution in [0, 0.1) is 0 Å². The molecule has 0 fully saturated rings. The average Bonchev–Trinajstić information content (AvgIpc) is 3.16. The van der Waals surface area contributed by atoms with Crippen molar-refractivity contribution in [3.63, 3.8) is 0 Å². The SMILES string of the molecule is Nc1ccc(S(=O)(=O)Nc2nc3c(Br)cccc3nc2NC2=NCCN2)cc1. The molecule has 0 unspecified atom stereocenters. The van der Waals surface area contributed by atoms with Gasteiger partial charge in [-0.15, -0.1) is 0 Å². The number of aliphatic imine (C=N–C) groups is 1. The number of anilines is 3. The normalized spacial score (nSPS) is 13.8. The van der Waals surface area contributed by atoms with Gasteiger partial charge >= 0.3 is 0 Å². The Bertz CT molecular complexity index is 1180. The van der Waals surface area contributed by atoms with E-state index in [0.29, 0.717) is 40.2 Å². The number of halogens is 1. The summed E-state index contributed by atoms with van der Waals surface area (Å²) < 4.78 is 28.8. The third-order valence-electron chi connectivity index (χ3n) is 3.98. The predicted octanol–water partition coefficient (Wildman–Crippen LogP) is 2.15. The Morgan fingerprint density at radius 3 is 2.57 bits per heavy atom. The number of fused-ring (bicyclic) bond motifs is 1. The molecule has 0 saturated carbocycles. The number of hydrogen-bond donors (Lipinski definition) is 4. The molecule has 144 valence electrons. The molecule has 0 bridgehead atoms. The van der Waals surface area contributed by atoms with Crippen LogP contribution in [0.15, 0.2) is 56.8 Å². The first-order chi connectivity index (χ1) is 13.4. The molecule has 0 saturated heterocycles. The lowest BCUT2D eigenvalue weighted by Crippen LogP contribution is -2.27. The van der Waals surface area contributed by atoms with Crippen molar-refractivity contribution in [1.29, 1.82) is 0 Å². The highest BCUT2D eigenvalue weighted by molar-refractivity contribution is 9.10. The minimum absolute atomic E-state index is 0.0626. The molecule has 28 heavy (non-hydrogen) atoms. The van der Waals surface area contributed by atoms with Crippen LogP contribution in [-0.2, 0) is 10.0 Å². The summed E-state index contributed by atoms with van der Waals surface area (Å²) >= 11 is 3.43. The Kier molecular flexibility index (Phi) is 4.77. The van der Waals surface area contributed by atoms with Gasteiger partial charge in [0, 0.05) is 16.7 Å². The second-order valence-electron chi connectivity index (χ2n) is 5.99. The Morgan fingerprint density at radius 1 is 1.07 bits per heavy atom. The first-order valence-electron chi connectivity index (χ1n) is 8.32. The zero-order valence-electron chi connectivity index (χ0n) is 14.5. The van der Waals surface area contributed by atoms with E-state index in [4.69, 9.17) is 5.73 Å². The van der Waals surface area contributed by atoms with E-state index >= 15 is 0 Å². The zero-order chi connectivity index (χ0) is 19.7. The number of para-hydroxylation sites is 1. The summed E-state index contributed by atoms with van der Waals surface area (Å²) in [5.41, 5.74) is 7.25. The number of nitrogens with zero attached hydrogens (tertiary/aromatic N) is 3. The van der Waals surface area contributed by atoms with E-state index in [9.17, 15) is 8.42 Å². The molecule has 0 amide bonds. The number of sulfonamides is 1. The molecule has 11 heteroatoms. The molecule has 4 rings (SSSR count). The van der Waals surface area contributed by atoms with Crippen LogP contribution in [0.4, 0.5) is 17.3 Å². The average molecular weight is 462 g/mol. The second-order valence-corrected chi connectivity index (χ2v) is 8.52. The highest BCUT2D eigenvalue weighted by Crippen LogP contribution is 2.28. The fourth-order valence-corrected chi connectivity index (χ4v) is 4.08. The summed E-state index contributed by atoms with van der Waals surface area (Å²) in [5, 5.41) is 6.07. The number of nitrogens with two attached hydrogens (primary N) is 1. The van der Waals surface area contributed by atoms with Crippen molar-refractivity contribution in [3.05, 3.63) is 46.9 Å². The summed E-state index contributed by atoms with van der Waals surface area (Å²) in [6.45, 7) is 1.32. The molecule has 3 aromatic rings. The van der Waals surface area contributed by atoms with Crippen LogP contribution >= 0.6 is 15.9 Å². The summed E-state index contributed by atoms with van der Waals surface area (Å²) in [4.78, 5) is 13.3. The van der Waals surface area contributed by atoms with E-state index in [1.54, 1.807) is 6.07 Å². The fraction of sp³-hybridized carbons (Fsp3) is 0.118. The number of guanidine groups is 1. The van der Waals surface area contributed by atoms with E-state index in [1.807, 2.05) is 12.1 Å². The molecule has 1 aromatic heterocycles. The first-order valence-corrected chi connectivity index (χ1v) is 10.6. The molecule has 0 spiro atoms. The lowest BCUT2D eigenvalue weighted by molar-refractivity contribution is 0.601. The van der Waals surface area contributed by atoms with E-state index in [1.165, 1.54) is 24.3 Å². The third-order valence-corrected chi connectivity index (χ3v) is 5.97. The fourth-order valence-electron chi connectivity index (χ4n) is 2.63. The Balaban J connectivity index is 1.78. The predicted molar refractivity (Wildman–Crippen MR) is 113 cm³/mol. The van der Waals surface area contributed by atoms with Crippen LogP contribution in [0.2, 0.25) is 0 Å². The molecule has 1 aliphatic heterocycles. The highest BCUT2D eigenvalue weighted by atomic mass is 79.9. The van der Waals surface area contributed by atoms with Gasteiger partial charge < -0.3 is 16.4 Å². The molecular formula is C17H16BrN7O2S. The number of nitrogen functional groups attached to an aromatic ring is 1. The monoisotopic (exact) mass is 461 g/mol. The Morgan fingerprint density at radius 2 is 1.86 bits per heavy atom. The van der Waals surface area contributed by atoms with Crippen LogP contribution in [0.5, 0.6) is 0 Å². The van der Waals surface area contributed by atoms with Gasteiger partial charge in [0.1, 0.15) is 5.52 Å². The van der Waals surface area contributed by atoms with Crippen LogP contribution in [-0.4, -0.2) is 37.4 Å². The molecule has 2 heterocycles. The molecule has 1 aliphatic rings. The lowest BCUT2D eigenvalue weighted by Gasteiger charge is -2.14. The van der Waals surface area contributed by atoms with E-state index < -0.39 is 10.0 Å². The van der Waals surface area contributed by atoms with Gasteiger partial charge in [-0.3, -0.25) is 9.71 Å². The van der Waals surface area contributed by atoms with Crippen molar-refractivity contribution in [2.75, 3.05) is 28.9 Å². The summed E-state index contributed by atoms with van der Waals surface area (Å²) in [6, 6.07) is 11.3. The van der Waals surface area contributed by atoms with Gasteiger partial charge in [0.25, 0.3) is 10.0 Å². The van der Waals surface area contributed by atoms with Crippen molar-refractivity contribution in [2.45, 2.75) is 4.90 Å². The van der Waals surface area contributed by atoms with Gasteiger partial charge in [0.15, 0.2) is 17.6 Å². The van der Waals surface area contributed by atoms with Crippen molar-refractivity contribution in [3.8, 4) is 0 Å². The van der Waals surface area contributed by atoms with Crippen molar-refractivity contribution in [1.82, 2.24) is 15.3 Å². The first kappa shape index (κ1) is 18.4. The molecule has 0 radical (unpaired) electrons. The van der Waals surface area contributed by atoms with Gasteiger partial charge in [0.05, 0.1) is 17.0 Å². The minimum Gasteiger partial charge on any atom is -0.399 e. The maximum Gasteiger partial charge on any atom is 0.263 e. The van der Waals surface area contributed by atoms with Crippen LogP contribution in [0.3, 0.4) is 0 Å². The molecule has 5 N–H and O–H groups in total. The quantitative estimate of drug-likeness (QED) is 0.437. The van der Waals surface area contributed by atoms with Gasteiger partial charge in [-0.25, -0.2) is 18.4 Å². The second kappa shape index (κ2) is 7.24. The van der Waals surface area contributed by atoms with E-state index in [0.717, 1.165) is 0 Å². The van der Waals surface area contributed by atoms with Crippen molar-refractivity contribution < 1.29 is 8.42 Å². The maximum absolute atomic E-state index is 12.8. The molecular weight excluding hydrogens is 446 g/mol. The molecule has 9 nitrogen and oxygen atoms in total. The maximum atomic E-state index is 12.8. The topological polar surface area (TPSA) is 134 Å². The Hall–Kier alpha value is -2.92. The van der Waals surface area contributed by atoms with E-state index in [2.05, 4.69) is 46.2 Å². The lowest BCUT2D eigenvalue weighted by atomic mass is 10.3.